The van der Waals surface area contributed by atoms with Crippen molar-refractivity contribution in [3.05, 3.63) is 63.1 Å². The molecule has 3 heteroatoms. The van der Waals surface area contributed by atoms with Gasteiger partial charge in [0.2, 0.25) is 0 Å². The smallest absolute Gasteiger partial charge is 0.259 e. The first-order valence-corrected chi connectivity index (χ1v) is 8.04. The zero-order valence-electron chi connectivity index (χ0n) is 12.3. The van der Waals surface area contributed by atoms with E-state index in [1.54, 1.807) is 0 Å². The largest absolute Gasteiger partial charge is 0.308 e. The Kier molecular flexibility index (Phi) is 3.85. The van der Waals surface area contributed by atoms with Gasteiger partial charge in [-0.25, -0.2) is 0 Å². The fraction of sp³-hybridized carbons (Fsp3) is 0.278. The van der Waals surface area contributed by atoms with Crippen molar-refractivity contribution in [3.8, 4) is 0 Å². The van der Waals surface area contributed by atoms with E-state index in [1.165, 1.54) is 11.1 Å². The van der Waals surface area contributed by atoms with Gasteiger partial charge in [0.15, 0.2) is 0 Å². The van der Waals surface area contributed by atoms with Crippen LogP contribution in [0.3, 0.4) is 0 Å². The molecular weight excluding hydrogens is 326 g/mol. The molecule has 0 aromatic heterocycles. The van der Waals surface area contributed by atoms with Crippen LogP contribution in [0.2, 0.25) is 0 Å². The predicted molar refractivity (Wildman–Crippen MR) is 90.1 cm³/mol. The van der Waals surface area contributed by atoms with Crippen LogP contribution in [0.1, 0.15) is 33.5 Å². The lowest BCUT2D eigenvalue weighted by atomic mass is 9.97. The van der Waals surface area contributed by atoms with Crippen molar-refractivity contribution in [2.24, 2.45) is 0 Å². The second-order valence-electron chi connectivity index (χ2n) is 5.58. The van der Waals surface area contributed by atoms with Gasteiger partial charge in [-0.3, -0.25) is 4.79 Å². The highest BCUT2D eigenvalue weighted by atomic mass is 79.9. The summed E-state index contributed by atoms with van der Waals surface area (Å²) in [7, 11) is 0. The Morgan fingerprint density at radius 3 is 2.62 bits per heavy atom. The number of fused-ring (bicyclic) bond motifs is 1. The highest BCUT2D eigenvalue weighted by Gasteiger charge is 2.26. The van der Waals surface area contributed by atoms with Gasteiger partial charge in [-0.2, -0.15) is 0 Å². The summed E-state index contributed by atoms with van der Waals surface area (Å²) < 4.78 is 0.899. The fourth-order valence-electron chi connectivity index (χ4n) is 3.01. The van der Waals surface area contributed by atoms with Crippen LogP contribution < -0.4 is 4.90 Å². The molecule has 3 rings (SSSR count). The third-order valence-corrected chi connectivity index (χ3v) is 5.14. The second-order valence-corrected chi connectivity index (χ2v) is 6.37. The zero-order valence-corrected chi connectivity index (χ0v) is 13.9. The Morgan fingerprint density at radius 1 is 1.10 bits per heavy atom. The molecule has 108 valence electrons. The van der Waals surface area contributed by atoms with E-state index in [9.17, 15) is 4.79 Å². The Labute approximate surface area is 133 Å². The van der Waals surface area contributed by atoms with Crippen molar-refractivity contribution in [1.82, 2.24) is 0 Å². The number of hydrogen-bond donors (Lipinski definition) is 0. The molecule has 2 aromatic carbocycles. The summed E-state index contributed by atoms with van der Waals surface area (Å²) in [5.41, 5.74) is 5.37. The Bertz CT molecular complexity index is 708. The Morgan fingerprint density at radius 2 is 1.81 bits per heavy atom. The van der Waals surface area contributed by atoms with Crippen LogP contribution in [0, 0.1) is 13.8 Å². The number of aryl methyl sites for hydroxylation is 3. The van der Waals surface area contributed by atoms with Crippen molar-refractivity contribution in [2.45, 2.75) is 26.7 Å². The molecule has 21 heavy (non-hydrogen) atoms. The van der Waals surface area contributed by atoms with Crippen LogP contribution in [0.4, 0.5) is 5.69 Å². The number of hydrogen-bond acceptors (Lipinski definition) is 1. The normalized spacial score (nSPS) is 14.0. The molecule has 1 heterocycles. The van der Waals surface area contributed by atoms with Gasteiger partial charge in [0.05, 0.1) is 11.3 Å². The molecule has 1 aliphatic heterocycles. The molecule has 0 aliphatic carbocycles. The molecule has 0 radical (unpaired) electrons. The summed E-state index contributed by atoms with van der Waals surface area (Å²) in [6.45, 7) is 4.88. The van der Waals surface area contributed by atoms with E-state index in [0.717, 1.165) is 40.7 Å². The topological polar surface area (TPSA) is 20.3 Å². The molecule has 0 fully saturated rings. The summed E-state index contributed by atoms with van der Waals surface area (Å²) in [6, 6.07) is 12.1. The fourth-order valence-corrected chi connectivity index (χ4v) is 3.44. The van der Waals surface area contributed by atoms with Crippen LogP contribution in [0.5, 0.6) is 0 Å². The maximum Gasteiger partial charge on any atom is 0.259 e. The molecule has 2 aromatic rings. The van der Waals surface area contributed by atoms with Crippen LogP contribution in [0.15, 0.2) is 40.9 Å². The lowest BCUT2D eigenvalue weighted by molar-refractivity contribution is 0.0984. The first-order valence-electron chi connectivity index (χ1n) is 7.25. The quantitative estimate of drug-likeness (QED) is 0.737. The van der Waals surface area contributed by atoms with Gasteiger partial charge < -0.3 is 4.90 Å². The molecule has 0 atom stereocenters. The summed E-state index contributed by atoms with van der Waals surface area (Å²) in [5, 5.41) is 0. The van der Waals surface area contributed by atoms with Gasteiger partial charge in [0, 0.05) is 11.0 Å². The minimum Gasteiger partial charge on any atom is -0.308 e. The highest BCUT2D eigenvalue weighted by Crippen LogP contribution is 2.33. The van der Waals surface area contributed by atoms with E-state index in [2.05, 4.69) is 41.1 Å². The molecular formula is C18H18BrNO. The molecule has 2 nitrogen and oxygen atoms in total. The van der Waals surface area contributed by atoms with Crippen LogP contribution in [-0.4, -0.2) is 12.5 Å². The molecule has 1 aliphatic rings. The van der Waals surface area contributed by atoms with Crippen molar-refractivity contribution < 1.29 is 4.79 Å². The lowest BCUT2D eigenvalue weighted by Crippen LogP contribution is -2.36. The molecule has 0 spiro atoms. The first kappa shape index (κ1) is 14.3. The third kappa shape index (κ3) is 2.51. The maximum atomic E-state index is 13.0. The number of carbonyl (C=O) groups excluding carboxylic acids is 1. The van der Waals surface area contributed by atoms with Crippen LogP contribution in [-0.2, 0) is 6.42 Å². The van der Waals surface area contributed by atoms with E-state index < -0.39 is 0 Å². The van der Waals surface area contributed by atoms with Gasteiger partial charge in [-0.05, 0) is 65.4 Å². The van der Waals surface area contributed by atoms with Gasteiger partial charge in [0.1, 0.15) is 0 Å². The Hall–Kier alpha value is -1.61. The molecule has 1 amide bonds. The van der Waals surface area contributed by atoms with E-state index in [4.69, 9.17) is 0 Å². The van der Waals surface area contributed by atoms with Gasteiger partial charge in [-0.15, -0.1) is 0 Å². The number of carbonyl (C=O) groups is 1. The molecule has 0 saturated carbocycles. The van der Waals surface area contributed by atoms with Crippen LogP contribution >= 0.6 is 15.9 Å². The summed E-state index contributed by atoms with van der Waals surface area (Å²) >= 11 is 3.56. The van der Waals surface area contributed by atoms with Gasteiger partial charge in [-0.1, -0.05) is 30.3 Å². The zero-order chi connectivity index (χ0) is 15.0. The summed E-state index contributed by atoms with van der Waals surface area (Å²) in [5.74, 6) is 0.0841. The number of anilines is 1. The molecule has 0 saturated heterocycles. The average molecular weight is 344 g/mol. The molecule has 0 N–H and O–H groups in total. The number of amides is 1. The van der Waals surface area contributed by atoms with E-state index in [1.807, 2.05) is 30.0 Å². The predicted octanol–water partition coefficient (Wildman–Crippen LogP) is 4.66. The monoisotopic (exact) mass is 343 g/mol. The van der Waals surface area contributed by atoms with Crippen molar-refractivity contribution >= 4 is 27.5 Å². The third-order valence-electron chi connectivity index (χ3n) is 4.09. The van der Waals surface area contributed by atoms with Crippen LogP contribution in [0.25, 0.3) is 0 Å². The Balaban J connectivity index is 2.07. The number of benzene rings is 2. The van der Waals surface area contributed by atoms with Crippen molar-refractivity contribution in [3.63, 3.8) is 0 Å². The molecule has 0 unspecified atom stereocenters. The summed E-state index contributed by atoms with van der Waals surface area (Å²) in [4.78, 5) is 14.9. The van der Waals surface area contributed by atoms with E-state index in [0.29, 0.717) is 0 Å². The number of para-hydroxylation sites is 1. The second kappa shape index (κ2) is 5.64. The first-order chi connectivity index (χ1) is 10.1. The SMILES string of the molecule is Cc1cccc(C(=O)N2CCCc3cccc(C)c32)c1Br. The average Bonchev–Trinajstić information content (AvgIpc) is 2.49. The van der Waals surface area contributed by atoms with Crippen molar-refractivity contribution in [1.29, 1.82) is 0 Å². The standard InChI is InChI=1S/C18H18BrNO/c1-12-6-4-10-15(16(12)19)18(21)20-11-5-9-14-8-3-7-13(2)17(14)20/h3-4,6-8,10H,5,9,11H2,1-2H3. The number of halogens is 1. The maximum absolute atomic E-state index is 13.0. The highest BCUT2D eigenvalue weighted by molar-refractivity contribution is 9.10. The van der Waals surface area contributed by atoms with Crippen molar-refractivity contribution in [2.75, 3.05) is 11.4 Å². The lowest BCUT2D eigenvalue weighted by Gasteiger charge is -2.31. The summed E-state index contributed by atoms with van der Waals surface area (Å²) in [6.07, 6.45) is 2.07. The van der Waals surface area contributed by atoms with E-state index in [-0.39, 0.29) is 5.91 Å². The van der Waals surface area contributed by atoms with Gasteiger partial charge >= 0.3 is 0 Å². The molecule has 0 bridgehead atoms. The van der Waals surface area contributed by atoms with E-state index >= 15 is 0 Å². The number of nitrogens with zero attached hydrogens (tertiary/aromatic N) is 1. The van der Waals surface area contributed by atoms with Gasteiger partial charge in [0.25, 0.3) is 5.91 Å². The minimum absolute atomic E-state index is 0.0841. The minimum atomic E-state index is 0.0841. The number of rotatable bonds is 1.